The fourth-order valence-electron chi connectivity index (χ4n) is 5.64. The van der Waals surface area contributed by atoms with Crippen LogP contribution in [0, 0.1) is 0 Å². The molecule has 2 atom stereocenters. The van der Waals surface area contributed by atoms with E-state index in [9.17, 15) is 14.7 Å². The Balaban J connectivity index is 1.49. The average Bonchev–Trinajstić information content (AvgIpc) is 3.40. The molecule has 0 spiro atoms. The first-order valence-electron chi connectivity index (χ1n) is 13.4. The van der Waals surface area contributed by atoms with Crippen LogP contribution < -0.4 is 14.7 Å². The van der Waals surface area contributed by atoms with Gasteiger partial charge < -0.3 is 24.4 Å². The molecule has 0 saturated carbocycles. The van der Waals surface area contributed by atoms with Crippen LogP contribution >= 0.6 is 0 Å². The number of amides is 1. The highest BCUT2D eigenvalue weighted by atomic mass is 16.5. The topological polar surface area (TPSA) is 83.3 Å². The lowest BCUT2D eigenvalue weighted by molar-refractivity contribution is -0.908. The maximum Gasteiger partial charge on any atom is 0.295 e. The first-order valence-corrected chi connectivity index (χ1v) is 13.4. The minimum absolute atomic E-state index is 0.0490. The predicted molar refractivity (Wildman–Crippen MR) is 138 cm³/mol. The third kappa shape index (κ3) is 5.15. The van der Waals surface area contributed by atoms with E-state index in [4.69, 9.17) is 9.47 Å². The van der Waals surface area contributed by atoms with Crippen molar-refractivity contribution in [1.82, 2.24) is 4.90 Å². The average molecular weight is 505 g/mol. The van der Waals surface area contributed by atoms with Crippen molar-refractivity contribution in [1.29, 1.82) is 0 Å². The molecule has 2 aromatic carbocycles. The molecular formula is C30H36N2O5. The Kier molecular flexibility index (Phi) is 7.36. The molecule has 2 aromatic rings. The lowest BCUT2D eigenvalue weighted by atomic mass is 9.92. The highest BCUT2D eigenvalue weighted by molar-refractivity contribution is 6.46. The number of carbonyl (C=O) groups excluding carboxylic acids is 2. The number of fused-ring (bicyclic) bond motifs is 1. The van der Waals surface area contributed by atoms with Crippen molar-refractivity contribution in [2.45, 2.75) is 51.7 Å². The van der Waals surface area contributed by atoms with E-state index in [1.165, 1.54) is 10.5 Å². The molecule has 2 unspecified atom stereocenters. The maximum absolute atomic E-state index is 13.8. The van der Waals surface area contributed by atoms with E-state index in [0.717, 1.165) is 62.6 Å². The zero-order valence-electron chi connectivity index (χ0n) is 21.9. The Morgan fingerprint density at radius 2 is 1.84 bits per heavy atom. The van der Waals surface area contributed by atoms with Gasteiger partial charge in [-0.15, -0.1) is 0 Å². The monoisotopic (exact) mass is 504 g/mol. The van der Waals surface area contributed by atoms with E-state index < -0.39 is 17.7 Å². The summed E-state index contributed by atoms with van der Waals surface area (Å²) in [6.45, 7) is 11.0. The van der Waals surface area contributed by atoms with Gasteiger partial charge in [0.1, 0.15) is 24.9 Å². The van der Waals surface area contributed by atoms with Crippen molar-refractivity contribution in [2.75, 3.05) is 39.4 Å². The number of morpholine rings is 1. The van der Waals surface area contributed by atoms with Gasteiger partial charge in [0.15, 0.2) is 0 Å². The molecule has 2 fully saturated rings. The summed E-state index contributed by atoms with van der Waals surface area (Å²) in [5.74, 6) is -0.520. The van der Waals surface area contributed by atoms with Crippen LogP contribution in [-0.2, 0) is 20.7 Å². The molecule has 1 amide bonds. The second kappa shape index (κ2) is 10.7. The third-order valence-corrected chi connectivity index (χ3v) is 7.74. The molecule has 37 heavy (non-hydrogen) atoms. The number of carbonyl (C=O) groups is 2. The number of quaternary nitrogens is 1. The summed E-state index contributed by atoms with van der Waals surface area (Å²) in [5, 5.41) is 13.8. The molecule has 0 bridgehead atoms. The Hall–Kier alpha value is -3.16. The van der Waals surface area contributed by atoms with Crippen molar-refractivity contribution in [2.24, 2.45) is 0 Å². The van der Waals surface area contributed by atoms with Gasteiger partial charge in [0, 0.05) is 25.0 Å². The molecular weight excluding hydrogens is 468 g/mol. The number of ketones is 1. The second-order valence-electron chi connectivity index (χ2n) is 10.7. The van der Waals surface area contributed by atoms with Crippen LogP contribution in [0.5, 0.6) is 5.75 Å². The Bertz CT molecular complexity index is 1200. The van der Waals surface area contributed by atoms with Crippen molar-refractivity contribution in [3.8, 4) is 5.75 Å². The van der Waals surface area contributed by atoms with Crippen LogP contribution in [0.25, 0.3) is 5.76 Å². The molecule has 5 rings (SSSR count). The molecule has 7 nitrogen and oxygen atoms in total. The number of hydrogen-bond donors (Lipinski definition) is 1. The minimum atomic E-state index is -0.688. The van der Waals surface area contributed by atoms with Crippen LogP contribution in [0.15, 0.2) is 48.0 Å². The standard InChI is InChI=1S/C30H36N2O5/c1-19(2)21-5-7-22(8-6-21)27-26(28(33)23-9-10-25-24(18-23)17-20(3)37-25)29(34)30(35)32(27)12-4-11-31-13-15-36-16-14-31/h5-10,18-20,27,33H,4,11-17H2,1-3H3. The zero-order valence-corrected chi connectivity index (χ0v) is 21.9. The predicted octanol–water partition coefficient (Wildman–Crippen LogP) is 1.66. The lowest BCUT2D eigenvalue weighted by Gasteiger charge is -2.29. The van der Waals surface area contributed by atoms with Crippen molar-refractivity contribution in [3.63, 3.8) is 0 Å². The molecule has 3 aliphatic heterocycles. The molecule has 1 N–H and O–H groups in total. The van der Waals surface area contributed by atoms with Gasteiger partial charge in [-0.2, -0.15) is 0 Å². The van der Waals surface area contributed by atoms with E-state index in [0.29, 0.717) is 18.0 Å². The van der Waals surface area contributed by atoms with Crippen molar-refractivity contribution >= 4 is 17.4 Å². The van der Waals surface area contributed by atoms with Crippen LogP contribution in [0.1, 0.15) is 61.4 Å². The van der Waals surface area contributed by atoms with Crippen LogP contribution in [0.4, 0.5) is 0 Å². The number of rotatable bonds is 7. The van der Waals surface area contributed by atoms with Gasteiger partial charge in [0.2, 0.25) is 5.78 Å². The summed E-state index contributed by atoms with van der Waals surface area (Å²) in [5.41, 5.74) is 3.40. The molecule has 0 aliphatic carbocycles. The molecule has 3 heterocycles. The lowest BCUT2D eigenvalue weighted by Crippen LogP contribution is -3.14. The minimum Gasteiger partial charge on any atom is -0.872 e. The smallest absolute Gasteiger partial charge is 0.295 e. The third-order valence-electron chi connectivity index (χ3n) is 7.74. The van der Waals surface area contributed by atoms with E-state index in [1.54, 1.807) is 17.0 Å². The van der Waals surface area contributed by atoms with E-state index in [-0.39, 0.29) is 17.4 Å². The normalized spacial score (nSPS) is 23.5. The van der Waals surface area contributed by atoms with Gasteiger partial charge >= 0.3 is 0 Å². The Morgan fingerprint density at radius 3 is 2.54 bits per heavy atom. The summed E-state index contributed by atoms with van der Waals surface area (Å²) in [7, 11) is 0. The molecule has 7 heteroatoms. The highest BCUT2D eigenvalue weighted by Crippen LogP contribution is 2.40. The number of nitrogens with one attached hydrogen (secondary N) is 1. The molecule has 3 aliphatic rings. The first-order chi connectivity index (χ1) is 17.8. The number of ether oxygens (including phenoxy) is 2. The van der Waals surface area contributed by atoms with Gasteiger partial charge in [-0.05, 0) is 47.2 Å². The van der Waals surface area contributed by atoms with Gasteiger partial charge in [-0.25, -0.2) is 0 Å². The summed E-state index contributed by atoms with van der Waals surface area (Å²) in [4.78, 5) is 29.7. The Morgan fingerprint density at radius 1 is 1.11 bits per heavy atom. The van der Waals surface area contributed by atoms with Crippen LogP contribution in [0.3, 0.4) is 0 Å². The number of hydrogen-bond acceptors (Lipinski definition) is 5. The van der Waals surface area contributed by atoms with Gasteiger partial charge in [0.25, 0.3) is 5.91 Å². The van der Waals surface area contributed by atoms with E-state index in [1.807, 2.05) is 37.3 Å². The van der Waals surface area contributed by atoms with Gasteiger partial charge in [0.05, 0.1) is 25.8 Å². The summed E-state index contributed by atoms with van der Waals surface area (Å²) in [6, 6.07) is 12.6. The van der Waals surface area contributed by atoms with Gasteiger partial charge in [-0.3, -0.25) is 9.59 Å². The zero-order chi connectivity index (χ0) is 26.1. The quantitative estimate of drug-likeness (QED) is 0.352. The molecule has 196 valence electrons. The number of Topliss-reactive ketones (excluding diaryl/α,β-unsaturated/α-hetero) is 1. The SMILES string of the molecule is CC1Cc2cc(C([O-])=C3C(=O)C(=O)N(CCC[NH+]4CCOCC4)C3c3ccc(C(C)C)cc3)ccc2O1. The van der Waals surface area contributed by atoms with Crippen LogP contribution in [0.2, 0.25) is 0 Å². The first kappa shape index (κ1) is 25.5. The fraction of sp³-hybridized carbons (Fsp3) is 0.467. The summed E-state index contributed by atoms with van der Waals surface area (Å²) < 4.78 is 11.2. The summed E-state index contributed by atoms with van der Waals surface area (Å²) in [6.07, 6.45) is 1.53. The number of likely N-dealkylation sites (tertiary alicyclic amines) is 1. The van der Waals surface area contributed by atoms with Gasteiger partial charge in [-0.1, -0.05) is 49.9 Å². The van der Waals surface area contributed by atoms with E-state index >= 15 is 0 Å². The summed E-state index contributed by atoms with van der Waals surface area (Å²) >= 11 is 0. The molecule has 2 saturated heterocycles. The van der Waals surface area contributed by atoms with Crippen LogP contribution in [-0.4, -0.2) is 62.1 Å². The Labute approximate surface area is 218 Å². The molecule has 0 radical (unpaired) electrons. The number of nitrogens with zero attached hydrogens (tertiary/aromatic N) is 1. The van der Waals surface area contributed by atoms with Crippen molar-refractivity contribution < 1.29 is 29.1 Å². The maximum atomic E-state index is 13.8. The number of benzene rings is 2. The largest absolute Gasteiger partial charge is 0.872 e. The van der Waals surface area contributed by atoms with Crippen molar-refractivity contribution in [3.05, 3.63) is 70.3 Å². The molecule has 0 aromatic heterocycles. The highest BCUT2D eigenvalue weighted by Gasteiger charge is 2.44. The fourth-order valence-corrected chi connectivity index (χ4v) is 5.64. The second-order valence-corrected chi connectivity index (χ2v) is 10.7. The van der Waals surface area contributed by atoms with E-state index in [2.05, 4.69) is 13.8 Å².